The van der Waals surface area contributed by atoms with Crippen LogP contribution in [0.3, 0.4) is 0 Å². The first kappa shape index (κ1) is 8.92. The van der Waals surface area contributed by atoms with Crippen molar-refractivity contribution in [1.29, 1.82) is 0 Å². The summed E-state index contributed by atoms with van der Waals surface area (Å²) in [5.41, 5.74) is 1.99. The topological polar surface area (TPSA) is 28.2 Å². The number of aryl methyl sites for hydroxylation is 1. The summed E-state index contributed by atoms with van der Waals surface area (Å²) in [4.78, 5) is 6.15. The van der Waals surface area contributed by atoms with E-state index >= 15 is 0 Å². The maximum absolute atomic E-state index is 7.58. The van der Waals surface area contributed by atoms with Gasteiger partial charge in [0, 0.05) is 16.2 Å². The van der Waals surface area contributed by atoms with Crippen LogP contribution in [-0.2, 0) is 13.0 Å². The summed E-state index contributed by atoms with van der Waals surface area (Å²) in [6.07, 6.45) is 1.75. The Balaban J connectivity index is 2.25. The molecule has 1 aliphatic rings. The molecule has 0 aliphatic carbocycles. The van der Waals surface area contributed by atoms with Crippen molar-refractivity contribution >= 4 is 5.82 Å². The first-order valence-corrected chi connectivity index (χ1v) is 6.17. The molecular weight excluding hydrogens is 210 g/mol. The predicted octanol–water partition coefficient (Wildman–Crippen LogP) is 2.67. The van der Waals surface area contributed by atoms with Crippen molar-refractivity contribution in [3.63, 3.8) is 0 Å². The third-order valence-electron chi connectivity index (χ3n) is 2.79. The van der Waals surface area contributed by atoms with Gasteiger partial charge in [-0.3, -0.25) is 0 Å². The maximum atomic E-state index is 7.58. The van der Waals surface area contributed by atoms with E-state index in [1.54, 1.807) is 0 Å². The van der Waals surface area contributed by atoms with Crippen molar-refractivity contribution in [3.8, 4) is 0 Å². The molecule has 3 heteroatoms. The van der Waals surface area contributed by atoms with Crippen LogP contribution in [0.4, 0.5) is 5.82 Å². The third-order valence-corrected chi connectivity index (χ3v) is 2.79. The summed E-state index contributed by atoms with van der Waals surface area (Å²) in [7, 11) is 0. The molecule has 1 N–H and O–H groups in total. The minimum atomic E-state index is -2.04. The molecule has 94 valence electrons. The zero-order valence-corrected chi connectivity index (χ0v) is 10.9. The summed E-state index contributed by atoms with van der Waals surface area (Å²) in [5, 5.41) is 3.33. The second kappa shape index (κ2) is 4.65. The van der Waals surface area contributed by atoms with E-state index in [9.17, 15) is 0 Å². The Bertz CT molecular complexity index is 478. The summed E-state index contributed by atoms with van der Waals surface area (Å²) in [6.45, 7) is 5.18. The van der Waals surface area contributed by atoms with Crippen molar-refractivity contribution in [2.24, 2.45) is 0 Å². The Kier molecular flexibility index (Phi) is 2.44. The van der Waals surface area contributed by atoms with Gasteiger partial charge in [-0.15, -0.1) is 0 Å². The lowest BCUT2D eigenvalue weighted by Crippen LogP contribution is -2.27. The van der Waals surface area contributed by atoms with Crippen LogP contribution in [0.5, 0.6) is 0 Å². The molecule has 2 heterocycles. The fraction of sp³-hybridized carbons (Fsp3) is 0.643. The molecule has 0 spiro atoms. The maximum Gasteiger partial charge on any atom is 0.126 e. The average Bonchev–Trinajstić information content (AvgIpc) is 2.47. The van der Waals surface area contributed by atoms with Crippen LogP contribution in [0.2, 0.25) is 0 Å². The van der Waals surface area contributed by atoms with Gasteiger partial charge in [0.2, 0.25) is 0 Å². The number of anilines is 1. The lowest BCUT2D eigenvalue weighted by molar-refractivity contribution is 0.329. The molecule has 17 heavy (non-hydrogen) atoms. The van der Waals surface area contributed by atoms with Gasteiger partial charge in [0.05, 0.1) is 5.69 Å². The van der Waals surface area contributed by atoms with E-state index in [2.05, 4.69) is 37.1 Å². The van der Waals surface area contributed by atoms with Gasteiger partial charge in [-0.05, 0) is 58.8 Å². The van der Waals surface area contributed by atoms with Gasteiger partial charge < -0.3 is 10.2 Å². The molecule has 2 rings (SSSR count). The van der Waals surface area contributed by atoms with Gasteiger partial charge in [-0.25, -0.2) is 4.98 Å². The Hall–Kier alpha value is -1.09. The molecule has 0 amide bonds. The quantitative estimate of drug-likeness (QED) is 0.812. The third kappa shape index (κ3) is 3.43. The normalized spacial score (nSPS) is 20.8. The van der Waals surface area contributed by atoms with E-state index in [0.717, 1.165) is 29.9 Å². The van der Waals surface area contributed by atoms with Crippen LogP contribution in [0, 0.1) is 0 Å². The summed E-state index contributed by atoms with van der Waals surface area (Å²) in [5.74, 6) is 0.809. The van der Waals surface area contributed by atoms with Crippen LogP contribution in [0.1, 0.15) is 42.6 Å². The molecule has 0 fully saturated rings. The molecule has 0 unspecified atom stereocenters. The lowest BCUT2D eigenvalue weighted by Gasteiger charge is -2.22. The number of hydrogen-bond acceptors (Lipinski definition) is 3. The van der Waals surface area contributed by atoms with Crippen molar-refractivity contribution in [1.82, 2.24) is 9.88 Å². The first-order valence-electron chi connectivity index (χ1n) is 7.67. The highest BCUT2D eigenvalue weighted by molar-refractivity contribution is 5.41. The number of hydrogen-bond donors (Lipinski definition) is 1. The van der Waals surface area contributed by atoms with Crippen LogP contribution in [0.15, 0.2) is 12.1 Å². The van der Waals surface area contributed by atoms with E-state index in [4.69, 9.17) is 4.11 Å². The number of nitrogens with zero attached hydrogens (tertiary/aromatic N) is 2. The van der Waals surface area contributed by atoms with E-state index in [1.807, 2.05) is 6.07 Å². The summed E-state index contributed by atoms with van der Waals surface area (Å²) in [6, 6.07) is 4.05. The second-order valence-electron chi connectivity index (χ2n) is 5.70. The Morgan fingerprint density at radius 2 is 2.24 bits per heavy atom. The highest BCUT2D eigenvalue weighted by Gasteiger charge is 2.15. The van der Waals surface area contributed by atoms with Crippen LogP contribution in [-0.4, -0.2) is 28.9 Å². The molecule has 0 radical (unpaired) electrons. The Morgan fingerprint density at radius 3 is 2.94 bits per heavy atom. The molecule has 1 aliphatic heterocycles. The van der Waals surface area contributed by atoms with E-state index in [0.29, 0.717) is 13.1 Å². The highest BCUT2D eigenvalue weighted by Crippen LogP contribution is 2.20. The Labute approximate surface area is 108 Å². The van der Waals surface area contributed by atoms with Gasteiger partial charge in [0.15, 0.2) is 0 Å². The molecule has 0 atom stereocenters. The van der Waals surface area contributed by atoms with Gasteiger partial charge in [0.1, 0.15) is 5.82 Å². The molecule has 1 aromatic heterocycles. The van der Waals surface area contributed by atoms with Crippen LogP contribution < -0.4 is 5.32 Å². The van der Waals surface area contributed by atoms with Crippen molar-refractivity contribution in [2.45, 2.75) is 45.7 Å². The fourth-order valence-electron chi connectivity index (χ4n) is 2.07. The van der Waals surface area contributed by atoms with E-state index < -0.39 is 6.98 Å². The van der Waals surface area contributed by atoms with Crippen molar-refractivity contribution < 1.29 is 4.11 Å². The molecule has 1 aromatic rings. The minimum Gasteiger partial charge on any atom is -0.365 e. The number of pyridine rings is 1. The van der Waals surface area contributed by atoms with Crippen LogP contribution >= 0.6 is 0 Å². The largest absolute Gasteiger partial charge is 0.365 e. The molecule has 0 bridgehead atoms. The smallest absolute Gasteiger partial charge is 0.126 e. The highest BCUT2D eigenvalue weighted by atomic mass is 15.1. The standard InChI is InChI=1S/C14H23N3/c1-14(2,3)16-13-8-7-11-6-5-9-17(4)10-12(11)15-13/h7-8H,5-6,9-10H2,1-4H3,(H,15,16)/i4D3. The number of nitrogens with one attached hydrogen (secondary N) is 1. The summed E-state index contributed by atoms with van der Waals surface area (Å²) >= 11 is 0. The predicted molar refractivity (Wildman–Crippen MR) is 72.3 cm³/mol. The zero-order chi connectivity index (χ0) is 15.0. The minimum absolute atomic E-state index is 0.0598. The SMILES string of the molecule is [2H]C([2H])([2H])N1CCCc2ccc(NC(C)(C)C)nc2C1. The van der Waals surface area contributed by atoms with Crippen molar-refractivity contribution in [3.05, 3.63) is 23.4 Å². The Morgan fingerprint density at radius 1 is 1.41 bits per heavy atom. The molecular formula is C14H23N3. The first-order chi connectivity index (χ1) is 9.15. The lowest BCUT2D eigenvalue weighted by atomic mass is 10.1. The van der Waals surface area contributed by atoms with Gasteiger partial charge >= 0.3 is 0 Å². The van der Waals surface area contributed by atoms with E-state index in [-0.39, 0.29) is 5.54 Å². The number of aromatic nitrogens is 1. The van der Waals surface area contributed by atoms with Gasteiger partial charge in [-0.1, -0.05) is 6.07 Å². The molecule has 0 saturated carbocycles. The zero-order valence-electron chi connectivity index (χ0n) is 13.9. The number of rotatable bonds is 1. The molecule has 3 nitrogen and oxygen atoms in total. The fourth-order valence-corrected chi connectivity index (χ4v) is 2.07. The van der Waals surface area contributed by atoms with Crippen molar-refractivity contribution in [2.75, 3.05) is 18.8 Å². The molecule has 0 aromatic carbocycles. The average molecular weight is 236 g/mol. The van der Waals surface area contributed by atoms with Crippen LogP contribution in [0.25, 0.3) is 0 Å². The molecule has 0 saturated heterocycles. The second-order valence-corrected chi connectivity index (χ2v) is 5.70. The van der Waals surface area contributed by atoms with Gasteiger partial charge in [-0.2, -0.15) is 0 Å². The van der Waals surface area contributed by atoms with E-state index in [1.165, 1.54) is 4.90 Å². The summed E-state index contributed by atoms with van der Waals surface area (Å²) < 4.78 is 22.7. The monoisotopic (exact) mass is 236 g/mol. The van der Waals surface area contributed by atoms with Gasteiger partial charge in [0.25, 0.3) is 0 Å². The number of fused-ring (bicyclic) bond motifs is 1.